The molecule has 0 bridgehead atoms. The van der Waals surface area contributed by atoms with Crippen LogP contribution in [0, 0.1) is 5.92 Å². The summed E-state index contributed by atoms with van der Waals surface area (Å²) >= 11 is 6.38. The van der Waals surface area contributed by atoms with Gasteiger partial charge in [0.25, 0.3) is 21.5 Å². The van der Waals surface area contributed by atoms with Crippen LogP contribution in [-0.4, -0.2) is 36.4 Å². The standard InChI is InChI=1S/C24H25ClN4O4S/c1-15-13-24(2,3)29(14-15)21-17(10-11-19(27-21)16-7-4-5-8-18(16)25)22(30)28-34(32,33)20-9-6-12-26-23(20)31/h4-12,15H,13-14H2,1-3H3,(H,26,31)(H,28,30)/t15-/m0/s1. The minimum Gasteiger partial charge on any atom is -0.351 e. The molecule has 1 atom stereocenters. The van der Waals surface area contributed by atoms with E-state index < -0.39 is 26.4 Å². The maximum atomic E-state index is 13.2. The highest BCUT2D eigenvalue weighted by atomic mass is 35.5. The molecule has 4 rings (SSSR count). The van der Waals surface area contributed by atoms with E-state index in [0.717, 1.165) is 12.5 Å². The number of carbonyl (C=O) groups excluding carboxylic acids is 1. The summed E-state index contributed by atoms with van der Waals surface area (Å²) in [4.78, 5) is 33.8. The van der Waals surface area contributed by atoms with Crippen LogP contribution < -0.4 is 15.2 Å². The number of rotatable bonds is 5. The number of pyridine rings is 2. The van der Waals surface area contributed by atoms with Gasteiger partial charge in [0, 0.05) is 28.9 Å². The van der Waals surface area contributed by atoms with E-state index >= 15 is 0 Å². The van der Waals surface area contributed by atoms with E-state index in [1.807, 2.05) is 27.8 Å². The van der Waals surface area contributed by atoms with Gasteiger partial charge in [-0.1, -0.05) is 36.7 Å². The fourth-order valence-corrected chi connectivity index (χ4v) is 5.72. The van der Waals surface area contributed by atoms with Gasteiger partial charge in [0.05, 0.1) is 11.3 Å². The SMILES string of the molecule is C[C@@H]1CN(c2nc(-c3ccccc3Cl)ccc2C(=O)NS(=O)(=O)c2ccc[nH]c2=O)C(C)(C)C1. The number of sulfonamides is 1. The highest BCUT2D eigenvalue weighted by Crippen LogP contribution is 2.39. The van der Waals surface area contributed by atoms with Crippen LogP contribution in [0.3, 0.4) is 0 Å². The number of anilines is 1. The topological polar surface area (TPSA) is 112 Å². The first-order valence-corrected chi connectivity index (χ1v) is 12.6. The van der Waals surface area contributed by atoms with Crippen molar-refractivity contribution in [2.75, 3.05) is 11.4 Å². The largest absolute Gasteiger partial charge is 0.351 e. The van der Waals surface area contributed by atoms with Crippen molar-refractivity contribution in [3.05, 3.63) is 75.7 Å². The van der Waals surface area contributed by atoms with Gasteiger partial charge in [-0.05, 0) is 56.5 Å². The number of halogens is 1. The van der Waals surface area contributed by atoms with E-state index in [2.05, 4.69) is 25.8 Å². The second-order valence-corrected chi connectivity index (χ2v) is 11.1. The summed E-state index contributed by atoms with van der Waals surface area (Å²) in [5.74, 6) is -0.156. The average molecular weight is 501 g/mol. The second kappa shape index (κ2) is 8.88. The third-order valence-electron chi connectivity index (χ3n) is 5.90. The minimum absolute atomic E-state index is 0.0916. The smallest absolute Gasteiger partial charge is 0.269 e. The van der Waals surface area contributed by atoms with Crippen LogP contribution in [0.15, 0.2) is 64.4 Å². The van der Waals surface area contributed by atoms with Crippen LogP contribution in [0.5, 0.6) is 0 Å². The lowest BCUT2D eigenvalue weighted by atomic mass is 9.97. The number of aromatic nitrogens is 2. The Morgan fingerprint density at radius 1 is 1.18 bits per heavy atom. The number of benzene rings is 1. The van der Waals surface area contributed by atoms with Crippen LogP contribution in [0.4, 0.5) is 5.82 Å². The summed E-state index contributed by atoms with van der Waals surface area (Å²) in [5.41, 5.74) is 0.232. The third-order valence-corrected chi connectivity index (χ3v) is 7.58. The van der Waals surface area contributed by atoms with Gasteiger partial charge in [0.15, 0.2) is 4.90 Å². The lowest BCUT2D eigenvalue weighted by Crippen LogP contribution is -2.41. The molecule has 10 heteroatoms. The van der Waals surface area contributed by atoms with Crippen molar-refractivity contribution < 1.29 is 13.2 Å². The van der Waals surface area contributed by atoms with Gasteiger partial charge in [-0.15, -0.1) is 0 Å². The van der Waals surface area contributed by atoms with E-state index in [1.54, 1.807) is 18.2 Å². The molecule has 0 radical (unpaired) electrons. The van der Waals surface area contributed by atoms with Crippen LogP contribution in [0.25, 0.3) is 11.3 Å². The summed E-state index contributed by atoms with van der Waals surface area (Å²) in [6.45, 7) is 6.88. The molecule has 1 aliphatic heterocycles. The van der Waals surface area contributed by atoms with Crippen LogP contribution in [-0.2, 0) is 10.0 Å². The molecule has 1 aliphatic rings. The molecule has 1 saturated heterocycles. The average Bonchev–Trinajstić information content (AvgIpc) is 3.05. The summed E-state index contributed by atoms with van der Waals surface area (Å²) in [6, 6.07) is 12.9. The number of carbonyl (C=O) groups is 1. The number of hydrogen-bond donors (Lipinski definition) is 2. The number of amides is 1. The predicted octanol–water partition coefficient (Wildman–Crippen LogP) is 3.83. The Morgan fingerprint density at radius 2 is 1.91 bits per heavy atom. The van der Waals surface area contributed by atoms with Crippen molar-refractivity contribution in [1.82, 2.24) is 14.7 Å². The zero-order valence-corrected chi connectivity index (χ0v) is 20.6. The predicted molar refractivity (Wildman–Crippen MR) is 132 cm³/mol. The Bertz CT molecular complexity index is 1420. The number of hydrogen-bond acceptors (Lipinski definition) is 6. The Labute approximate surface area is 203 Å². The molecule has 3 heterocycles. The minimum atomic E-state index is -4.40. The van der Waals surface area contributed by atoms with Crippen LogP contribution >= 0.6 is 11.6 Å². The van der Waals surface area contributed by atoms with Crippen LogP contribution in [0.2, 0.25) is 5.02 Å². The fourth-order valence-electron chi connectivity index (χ4n) is 4.46. The van der Waals surface area contributed by atoms with Crippen molar-refractivity contribution >= 4 is 33.3 Å². The lowest BCUT2D eigenvalue weighted by Gasteiger charge is -2.34. The number of H-pyrrole nitrogens is 1. The molecule has 178 valence electrons. The molecule has 2 aromatic heterocycles. The first kappa shape index (κ1) is 24.0. The molecule has 2 N–H and O–H groups in total. The van der Waals surface area contributed by atoms with E-state index in [0.29, 0.717) is 34.6 Å². The third kappa shape index (κ3) is 4.58. The summed E-state index contributed by atoms with van der Waals surface area (Å²) in [7, 11) is -4.40. The van der Waals surface area contributed by atoms with E-state index in [9.17, 15) is 18.0 Å². The molecule has 0 spiro atoms. The molecule has 8 nitrogen and oxygen atoms in total. The van der Waals surface area contributed by atoms with Crippen LogP contribution in [0.1, 0.15) is 37.6 Å². The first-order valence-electron chi connectivity index (χ1n) is 10.8. The van der Waals surface area contributed by atoms with E-state index in [1.165, 1.54) is 12.3 Å². The quantitative estimate of drug-likeness (QED) is 0.550. The summed E-state index contributed by atoms with van der Waals surface area (Å²) in [5, 5.41) is 0.512. The molecule has 3 aromatic rings. The molecular formula is C24H25ClN4O4S. The second-order valence-electron chi connectivity index (χ2n) is 9.08. The van der Waals surface area contributed by atoms with Crippen molar-refractivity contribution in [2.24, 2.45) is 5.92 Å². The van der Waals surface area contributed by atoms with Gasteiger partial charge in [0.2, 0.25) is 0 Å². The number of nitrogens with zero attached hydrogens (tertiary/aromatic N) is 2. The van der Waals surface area contributed by atoms with Gasteiger partial charge >= 0.3 is 0 Å². The Kier molecular flexibility index (Phi) is 6.26. The summed E-state index contributed by atoms with van der Waals surface area (Å²) < 4.78 is 27.6. The molecule has 1 fully saturated rings. The van der Waals surface area contributed by atoms with E-state index in [-0.39, 0.29) is 11.1 Å². The van der Waals surface area contributed by atoms with Gasteiger partial charge in [0.1, 0.15) is 5.82 Å². The van der Waals surface area contributed by atoms with Crippen molar-refractivity contribution in [2.45, 2.75) is 37.6 Å². The highest BCUT2D eigenvalue weighted by molar-refractivity contribution is 7.90. The molecule has 1 aromatic carbocycles. The molecule has 1 amide bonds. The Balaban J connectivity index is 1.80. The summed E-state index contributed by atoms with van der Waals surface area (Å²) in [6.07, 6.45) is 2.19. The van der Waals surface area contributed by atoms with Crippen molar-refractivity contribution in [3.8, 4) is 11.3 Å². The maximum Gasteiger partial charge on any atom is 0.269 e. The van der Waals surface area contributed by atoms with Gasteiger partial charge < -0.3 is 9.88 Å². The van der Waals surface area contributed by atoms with E-state index in [4.69, 9.17) is 16.6 Å². The van der Waals surface area contributed by atoms with Gasteiger partial charge in [-0.25, -0.2) is 18.1 Å². The first-order chi connectivity index (χ1) is 16.0. The normalized spacial score (nSPS) is 17.5. The zero-order valence-electron chi connectivity index (χ0n) is 19.0. The van der Waals surface area contributed by atoms with Crippen molar-refractivity contribution in [3.63, 3.8) is 0 Å². The van der Waals surface area contributed by atoms with Gasteiger partial charge in [-0.2, -0.15) is 0 Å². The number of aromatic amines is 1. The molecule has 34 heavy (non-hydrogen) atoms. The maximum absolute atomic E-state index is 13.2. The Hall–Kier alpha value is -3.17. The zero-order chi connectivity index (χ0) is 24.7. The molecule has 0 unspecified atom stereocenters. The molecule has 0 saturated carbocycles. The van der Waals surface area contributed by atoms with Gasteiger partial charge in [-0.3, -0.25) is 9.59 Å². The molecular weight excluding hydrogens is 476 g/mol. The lowest BCUT2D eigenvalue weighted by molar-refractivity contribution is 0.0981. The highest BCUT2D eigenvalue weighted by Gasteiger charge is 2.39. The Morgan fingerprint density at radius 3 is 2.56 bits per heavy atom. The van der Waals surface area contributed by atoms with Crippen molar-refractivity contribution in [1.29, 1.82) is 0 Å². The fraction of sp³-hybridized carbons (Fsp3) is 0.292. The number of nitrogens with one attached hydrogen (secondary N) is 2. The molecule has 0 aliphatic carbocycles. The monoisotopic (exact) mass is 500 g/mol.